The highest BCUT2D eigenvalue weighted by molar-refractivity contribution is 5.88. The first-order chi connectivity index (χ1) is 10.2. The number of methoxy groups -OCH3 is 1. The summed E-state index contributed by atoms with van der Waals surface area (Å²) in [5.74, 6) is 0.633. The first-order valence-corrected chi connectivity index (χ1v) is 6.86. The molecule has 0 aliphatic heterocycles. The van der Waals surface area contributed by atoms with Crippen molar-refractivity contribution in [2.45, 2.75) is 13.3 Å². The van der Waals surface area contributed by atoms with Crippen molar-refractivity contribution in [1.82, 2.24) is 15.1 Å². The molecule has 6 nitrogen and oxygen atoms in total. The Bertz CT molecular complexity index is 595. The highest BCUT2D eigenvalue weighted by atomic mass is 16.5. The zero-order valence-corrected chi connectivity index (χ0v) is 12.3. The van der Waals surface area contributed by atoms with Crippen LogP contribution in [0, 0.1) is 6.92 Å². The van der Waals surface area contributed by atoms with Gasteiger partial charge in [0.25, 0.3) is 0 Å². The molecule has 2 N–H and O–H groups in total. The Balaban J connectivity index is 2.01. The summed E-state index contributed by atoms with van der Waals surface area (Å²) in [6.07, 6.45) is 2.44. The van der Waals surface area contributed by atoms with E-state index in [1.165, 1.54) is 0 Å². The maximum atomic E-state index is 11.8. The Kier molecular flexibility index (Phi) is 5.34. The Morgan fingerprint density at radius 2 is 2.14 bits per heavy atom. The molecule has 112 valence electrons. The van der Waals surface area contributed by atoms with Crippen LogP contribution < -0.4 is 10.6 Å². The Morgan fingerprint density at radius 3 is 2.90 bits per heavy atom. The normalized spacial score (nSPS) is 10.4. The van der Waals surface area contributed by atoms with E-state index in [1.807, 2.05) is 31.2 Å². The van der Waals surface area contributed by atoms with Crippen LogP contribution in [0.5, 0.6) is 0 Å². The lowest BCUT2D eigenvalue weighted by atomic mass is 10.2. The number of hydrogen-bond donors (Lipinski definition) is 2. The summed E-state index contributed by atoms with van der Waals surface area (Å²) in [6, 6.07) is 9.40. The van der Waals surface area contributed by atoms with E-state index in [0.29, 0.717) is 19.0 Å². The van der Waals surface area contributed by atoms with E-state index < -0.39 is 0 Å². The van der Waals surface area contributed by atoms with Crippen molar-refractivity contribution in [3.8, 4) is 5.69 Å². The maximum absolute atomic E-state index is 11.8. The van der Waals surface area contributed by atoms with E-state index in [4.69, 9.17) is 4.74 Å². The second kappa shape index (κ2) is 7.44. The minimum Gasteiger partial charge on any atom is -0.385 e. The molecule has 0 bridgehead atoms. The lowest BCUT2D eigenvalue weighted by Gasteiger charge is -2.11. The van der Waals surface area contributed by atoms with Gasteiger partial charge in [-0.1, -0.05) is 18.2 Å². The van der Waals surface area contributed by atoms with Gasteiger partial charge in [0.2, 0.25) is 0 Å². The SMILES string of the molecule is COCCCNC(=O)Nc1ccnn1-c1ccccc1C. The van der Waals surface area contributed by atoms with Crippen molar-refractivity contribution < 1.29 is 9.53 Å². The van der Waals surface area contributed by atoms with Crippen LogP contribution >= 0.6 is 0 Å². The van der Waals surface area contributed by atoms with Crippen molar-refractivity contribution in [1.29, 1.82) is 0 Å². The molecule has 1 heterocycles. The van der Waals surface area contributed by atoms with Crippen molar-refractivity contribution in [3.63, 3.8) is 0 Å². The highest BCUT2D eigenvalue weighted by Gasteiger charge is 2.09. The van der Waals surface area contributed by atoms with Gasteiger partial charge in [0.05, 0.1) is 11.9 Å². The van der Waals surface area contributed by atoms with Gasteiger partial charge in [0.15, 0.2) is 0 Å². The summed E-state index contributed by atoms with van der Waals surface area (Å²) in [4.78, 5) is 11.8. The maximum Gasteiger partial charge on any atom is 0.320 e. The number of carbonyl (C=O) groups is 1. The molecule has 0 saturated heterocycles. The third kappa shape index (κ3) is 4.06. The second-order valence-corrected chi connectivity index (χ2v) is 4.64. The topological polar surface area (TPSA) is 68.2 Å². The van der Waals surface area contributed by atoms with Crippen molar-refractivity contribution in [2.75, 3.05) is 25.6 Å². The molecule has 1 aromatic heterocycles. The summed E-state index contributed by atoms with van der Waals surface area (Å²) >= 11 is 0. The van der Waals surface area contributed by atoms with Gasteiger partial charge < -0.3 is 10.1 Å². The number of aryl methyl sites for hydroxylation is 1. The molecule has 2 aromatic rings. The number of rotatable bonds is 6. The molecule has 2 amide bonds. The van der Waals surface area contributed by atoms with Crippen molar-refractivity contribution in [3.05, 3.63) is 42.1 Å². The number of nitrogens with zero attached hydrogens (tertiary/aromatic N) is 2. The second-order valence-electron chi connectivity index (χ2n) is 4.64. The number of aromatic nitrogens is 2. The number of para-hydroxylation sites is 1. The molecule has 0 fully saturated rings. The smallest absolute Gasteiger partial charge is 0.320 e. The Labute approximate surface area is 124 Å². The summed E-state index contributed by atoms with van der Waals surface area (Å²) in [6.45, 7) is 3.20. The molecule has 2 rings (SSSR count). The fourth-order valence-electron chi connectivity index (χ4n) is 1.97. The predicted molar refractivity (Wildman–Crippen MR) is 81.8 cm³/mol. The monoisotopic (exact) mass is 288 g/mol. The number of anilines is 1. The van der Waals surface area contributed by atoms with Crippen LogP contribution in [-0.4, -0.2) is 36.1 Å². The van der Waals surface area contributed by atoms with Gasteiger partial charge in [-0.2, -0.15) is 5.10 Å². The standard InChI is InChI=1S/C15H20N4O2/c1-12-6-3-4-7-13(12)19-14(8-10-17-19)18-15(20)16-9-5-11-21-2/h3-4,6-8,10H,5,9,11H2,1-2H3,(H2,16,18,20). The lowest BCUT2D eigenvalue weighted by molar-refractivity contribution is 0.194. The number of amides is 2. The van der Waals surface area contributed by atoms with Gasteiger partial charge in [-0.05, 0) is 25.0 Å². The van der Waals surface area contributed by atoms with Crippen molar-refractivity contribution in [2.24, 2.45) is 0 Å². The van der Waals surface area contributed by atoms with Gasteiger partial charge in [-0.3, -0.25) is 5.32 Å². The van der Waals surface area contributed by atoms with Crippen LogP contribution in [0.3, 0.4) is 0 Å². The molecular formula is C15H20N4O2. The Hall–Kier alpha value is -2.34. The van der Waals surface area contributed by atoms with E-state index in [-0.39, 0.29) is 6.03 Å². The van der Waals surface area contributed by atoms with E-state index in [9.17, 15) is 4.79 Å². The first kappa shape index (κ1) is 15.1. The van der Waals surface area contributed by atoms with Crippen LogP contribution in [-0.2, 0) is 4.74 Å². The van der Waals surface area contributed by atoms with Crippen LogP contribution in [0.25, 0.3) is 5.69 Å². The highest BCUT2D eigenvalue weighted by Crippen LogP contribution is 2.17. The molecule has 0 spiro atoms. The molecule has 0 aliphatic rings. The minimum absolute atomic E-state index is 0.249. The lowest BCUT2D eigenvalue weighted by Crippen LogP contribution is -2.30. The first-order valence-electron chi connectivity index (χ1n) is 6.86. The summed E-state index contributed by atoms with van der Waals surface area (Å²) in [5, 5.41) is 9.84. The van der Waals surface area contributed by atoms with Crippen LogP contribution in [0.2, 0.25) is 0 Å². The van der Waals surface area contributed by atoms with E-state index in [1.54, 1.807) is 24.1 Å². The van der Waals surface area contributed by atoms with Gasteiger partial charge in [0, 0.05) is 26.3 Å². The van der Waals surface area contributed by atoms with Crippen LogP contribution in [0.1, 0.15) is 12.0 Å². The zero-order valence-electron chi connectivity index (χ0n) is 12.3. The molecule has 0 radical (unpaired) electrons. The van der Waals surface area contributed by atoms with E-state index in [2.05, 4.69) is 15.7 Å². The molecule has 0 atom stereocenters. The largest absolute Gasteiger partial charge is 0.385 e. The number of ether oxygens (including phenoxy) is 1. The fourth-order valence-corrected chi connectivity index (χ4v) is 1.97. The average Bonchev–Trinajstić information content (AvgIpc) is 2.92. The predicted octanol–water partition coefficient (Wildman–Crippen LogP) is 2.34. The molecule has 6 heteroatoms. The third-order valence-electron chi connectivity index (χ3n) is 3.04. The van der Waals surface area contributed by atoms with Gasteiger partial charge >= 0.3 is 6.03 Å². The minimum atomic E-state index is -0.249. The quantitative estimate of drug-likeness (QED) is 0.802. The summed E-state index contributed by atoms with van der Waals surface area (Å²) in [5.41, 5.74) is 2.03. The Morgan fingerprint density at radius 1 is 1.33 bits per heavy atom. The zero-order chi connectivity index (χ0) is 15.1. The van der Waals surface area contributed by atoms with Crippen molar-refractivity contribution >= 4 is 11.8 Å². The number of urea groups is 1. The fraction of sp³-hybridized carbons (Fsp3) is 0.333. The molecule has 0 unspecified atom stereocenters. The number of hydrogen-bond acceptors (Lipinski definition) is 3. The molecule has 1 aromatic carbocycles. The molecule has 0 aliphatic carbocycles. The molecular weight excluding hydrogens is 268 g/mol. The summed E-state index contributed by atoms with van der Waals surface area (Å²) < 4.78 is 6.65. The average molecular weight is 288 g/mol. The summed E-state index contributed by atoms with van der Waals surface area (Å²) in [7, 11) is 1.64. The number of benzene rings is 1. The van der Waals surface area contributed by atoms with E-state index in [0.717, 1.165) is 17.7 Å². The van der Waals surface area contributed by atoms with Crippen LogP contribution in [0.15, 0.2) is 36.5 Å². The third-order valence-corrected chi connectivity index (χ3v) is 3.04. The van der Waals surface area contributed by atoms with Gasteiger partial charge in [-0.25, -0.2) is 9.48 Å². The molecule has 21 heavy (non-hydrogen) atoms. The van der Waals surface area contributed by atoms with Gasteiger partial charge in [0.1, 0.15) is 5.82 Å². The van der Waals surface area contributed by atoms with Crippen LogP contribution in [0.4, 0.5) is 10.6 Å². The number of carbonyl (C=O) groups excluding carboxylic acids is 1. The van der Waals surface area contributed by atoms with Gasteiger partial charge in [-0.15, -0.1) is 0 Å². The molecule has 0 saturated carbocycles. The number of nitrogens with one attached hydrogen (secondary N) is 2. The van der Waals surface area contributed by atoms with E-state index >= 15 is 0 Å².